The predicted octanol–water partition coefficient (Wildman–Crippen LogP) is 7.63. The Morgan fingerprint density at radius 2 is 1.66 bits per heavy atom. The van der Waals surface area contributed by atoms with Crippen LogP contribution in [0.5, 0.6) is 0 Å². The number of halogens is 1. The van der Waals surface area contributed by atoms with Crippen LogP contribution in [0.2, 0.25) is 0 Å². The first kappa shape index (κ1) is 25.4. The zero-order valence-electron chi connectivity index (χ0n) is 20.1. The summed E-state index contributed by atoms with van der Waals surface area (Å²) in [5, 5.41) is 5.49. The fraction of sp³-hybridized carbons (Fsp3) is 0.0333. The van der Waals surface area contributed by atoms with Gasteiger partial charge in [-0.05, 0) is 59.7 Å². The van der Waals surface area contributed by atoms with Gasteiger partial charge in [-0.3, -0.25) is 9.59 Å². The highest BCUT2D eigenvalue weighted by atomic mass is 32.2. The van der Waals surface area contributed by atoms with Gasteiger partial charge in [0.2, 0.25) is 5.91 Å². The summed E-state index contributed by atoms with van der Waals surface area (Å²) in [4.78, 5) is 29.4. The molecule has 0 fully saturated rings. The zero-order valence-corrected chi connectivity index (χ0v) is 21.7. The van der Waals surface area contributed by atoms with E-state index >= 15 is 0 Å². The van der Waals surface area contributed by atoms with Crippen LogP contribution in [0.1, 0.15) is 21.5 Å². The lowest BCUT2D eigenvalue weighted by Crippen LogP contribution is -2.12. The van der Waals surface area contributed by atoms with Crippen molar-refractivity contribution in [3.05, 3.63) is 126 Å². The van der Waals surface area contributed by atoms with Gasteiger partial charge in [0.25, 0.3) is 5.91 Å². The summed E-state index contributed by atoms with van der Waals surface area (Å²) in [6, 6.07) is 28.6. The van der Waals surface area contributed by atoms with E-state index in [0.717, 1.165) is 25.7 Å². The largest absolute Gasteiger partial charge is 0.322 e. The minimum Gasteiger partial charge on any atom is -0.322 e. The number of amides is 2. The third-order valence-corrected chi connectivity index (χ3v) is 7.80. The zero-order chi connectivity index (χ0) is 26.3. The van der Waals surface area contributed by atoms with Gasteiger partial charge in [0.05, 0.1) is 15.9 Å². The molecule has 8 heteroatoms. The van der Waals surface area contributed by atoms with Gasteiger partial charge in [-0.1, -0.05) is 66.4 Å². The van der Waals surface area contributed by atoms with Crippen LogP contribution in [0.15, 0.2) is 107 Å². The predicted molar refractivity (Wildman–Crippen MR) is 154 cm³/mol. The quantitative estimate of drug-likeness (QED) is 0.157. The second kappa shape index (κ2) is 11.9. The number of rotatable bonds is 8. The van der Waals surface area contributed by atoms with Gasteiger partial charge in [-0.15, -0.1) is 11.3 Å². The molecule has 2 amide bonds. The number of benzene rings is 4. The molecule has 1 aromatic heterocycles. The number of fused-ring (bicyclic) bond motifs is 1. The van der Waals surface area contributed by atoms with E-state index in [1.807, 2.05) is 60.7 Å². The van der Waals surface area contributed by atoms with Crippen molar-refractivity contribution in [1.29, 1.82) is 0 Å². The topological polar surface area (TPSA) is 71.1 Å². The van der Waals surface area contributed by atoms with Crippen LogP contribution in [0, 0.1) is 5.82 Å². The lowest BCUT2D eigenvalue weighted by atomic mass is 10.1. The molecule has 188 valence electrons. The van der Waals surface area contributed by atoms with Crippen molar-refractivity contribution in [3.63, 3.8) is 0 Å². The van der Waals surface area contributed by atoms with Crippen molar-refractivity contribution >= 4 is 62.6 Å². The molecule has 38 heavy (non-hydrogen) atoms. The molecule has 0 radical (unpaired) electrons. The molecule has 5 aromatic rings. The van der Waals surface area contributed by atoms with Crippen molar-refractivity contribution in [1.82, 2.24) is 4.98 Å². The molecule has 0 unspecified atom stereocenters. The Balaban J connectivity index is 1.17. The summed E-state index contributed by atoms with van der Waals surface area (Å²) in [7, 11) is 0. The van der Waals surface area contributed by atoms with Crippen molar-refractivity contribution in [2.45, 2.75) is 10.1 Å². The van der Waals surface area contributed by atoms with Crippen molar-refractivity contribution in [2.75, 3.05) is 10.6 Å². The van der Waals surface area contributed by atoms with Crippen LogP contribution < -0.4 is 10.6 Å². The van der Waals surface area contributed by atoms with Crippen LogP contribution in [0.25, 0.3) is 16.3 Å². The average molecular weight is 540 g/mol. The Kier molecular flexibility index (Phi) is 7.92. The van der Waals surface area contributed by atoms with E-state index in [4.69, 9.17) is 0 Å². The maximum atomic E-state index is 13.8. The summed E-state index contributed by atoms with van der Waals surface area (Å²) >= 11 is 3.16. The number of nitrogens with one attached hydrogen (secondary N) is 2. The van der Waals surface area contributed by atoms with Gasteiger partial charge in [0, 0.05) is 23.1 Å². The van der Waals surface area contributed by atoms with E-state index in [-0.39, 0.29) is 17.5 Å². The number of para-hydroxylation sites is 1. The number of hydrogen-bond donors (Lipinski definition) is 2. The van der Waals surface area contributed by atoms with Crippen molar-refractivity contribution < 1.29 is 14.0 Å². The van der Waals surface area contributed by atoms with Crippen molar-refractivity contribution in [3.8, 4) is 0 Å². The normalized spacial score (nSPS) is 11.1. The molecule has 0 saturated heterocycles. The summed E-state index contributed by atoms with van der Waals surface area (Å²) in [6.45, 7) is 0. The number of anilines is 2. The molecule has 0 spiro atoms. The second-order valence-electron chi connectivity index (χ2n) is 8.32. The average Bonchev–Trinajstić information content (AvgIpc) is 3.35. The molecule has 4 aromatic carbocycles. The number of thiazole rings is 1. The lowest BCUT2D eigenvalue weighted by Gasteiger charge is -2.07. The Labute approximate surface area is 227 Å². The van der Waals surface area contributed by atoms with Gasteiger partial charge >= 0.3 is 0 Å². The maximum absolute atomic E-state index is 13.8. The molecule has 2 N–H and O–H groups in total. The van der Waals surface area contributed by atoms with E-state index in [0.29, 0.717) is 17.0 Å². The number of thioether (sulfide) groups is 1. The summed E-state index contributed by atoms with van der Waals surface area (Å²) < 4.78 is 15.7. The third-order valence-electron chi connectivity index (χ3n) is 5.56. The summed E-state index contributed by atoms with van der Waals surface area (Å²) in [6.07, 6.45) is 3.29. The molecule has 0 aliphatic heterocycles. The molecule has 0 atom stereocenters. The lowest BCUT2D eigenvalue weighted by molar-refractivity contribution is -0.111. The Morgan fingerprint density at radius 1 is 0.895 bits per heavy atom. The van der Waals surface area contributed by atoms with Gasteiger partial charge < -0.3 is 10.6 Å². The second-order valence-corrected chi connectivity index (χ2v) is 10.6. The van der Waals surface area contributed by atoms with Gasteiger partial charge in [-0.25, -0.2) is 9.37 Å². The van der Waals surface area contributed by atoms with Crippen LogP contribution in [0.4, 0.5) is 15.8 Å². The minimum absolute atomic E-state index is 0.152. The highest BCUT2D eigenvalue weighted by Gasteiger charge is 2.10. The number of hydrogen-bond acceptors (Lipinski definition) is 5. The Bertz CT molecular complexity index is 1620. The number of carbonyl (C=O) groups excluding carboxylic acids is 2. The van der Waals surface area contributed by atoms with E-state index in [1.165, 1.54) is 18.2 Å². The molecule has 0 aliphatic carbocycles. The highest BCUT2D eigenvalue weighted by Crippen LogP contribution is 2.33. The molecule has 1 heterocycles. The van der Waals surface area contributed by atoms with E-state index in [2.05, 4.69) is 15.6 Å². The van der Waals surface area contributed by atoms with E-state index in [1.54, 1.807) is 53.4 Å². The fourth-order valence-corrected chi connectivity index (χ4v) is 5.68. The molecule has 0 bridgehead atoms. The monoisotopic (exact) mass is 539 g/mol. The van der Waals surface area contributed by atoms with Gasteiger partial charge in [0.1, 0.15) is 5.82 Å². The fourth-order valence-electron chi connectivity index (χ4n) is 3.62. The maximum Gasteiger partial charge on any atom is 0.255 e. The third kappa shape index (κ3) is 6.53. The standard InChI is InChI=1S/C30H22FN3O2S2/c31-24-8-4-5-9-25(24)33-29(36)22-13-10-21(11-14-22)19-37-30-34-26-16-15-23(18-27(26)38-30)32-28(35)17-12-20-6-2-1-3-7-20/h1-18H,19H2,(H,32,35)(H,33,36)/b17-12+. The minimum atomic E-state index is -0.473. The van der Waals surface area contributed by atoms with Crippen molar-refractivity contribution in [2.24, 2.45) is 0 Å². The number of aromatic nitrogens is 1. The first-order valence-corrected chi connectivity index (χ1v) is 13.6. The summed E-state index contributed by atoms with van der Waals surface area (Å²) in [5.74, 6) is -0.348. The Morgan fingerprint density at radius 3 is 2.45 bits per heavy atom. The highest BCUT2D eigenvalue weighted by molar-refractivity contribution is 8.00. The van der Waals surface area contributed by atoms with Crippen LogP contribution in [-0.4, -0.2) is 16.8 Å². The molecule has 0 aliphatic rings. The van der Waals surface area contributed by atoms with E-state index in [9.17, 15) is 14.0 Å². The van der Waals surface area contributed by atoms with Crippen LogP contribution in [-0.2, 0) is 10.5 Å². The summed E-state index contributed by atoms with van der Waals surface area (Å²) in [5.41, 5.74) is 4.19. The van der Waals surface area contributed by atoms with Gasteiger partial charge in [-0.2, -0.15) is 0 Å². The number of carbonyl (C=O) groups is 2. The smallest absolute Gasteiger partial charge is 0.255 e. The van der Waals surface area contributed by atoms with Crippen LogP contribution in [0.3, 0.4) is 0 Å². The molecule has 5 nitrogen and oxygen atoms in total. The molecule has 5 rings (SSSR count). The molecule has 0 saturated carbocycles. The van der Waals surface area contributed by atoms with Crippen LogP contribution >= 0.6 is 23.1 Å². The first-order valence-electron chi connectivity index (χ1n) is 11.8. The van der Waals surface area contributed by atoms with E-state index < -0.39 is 5.82 Å². The Hall–Kier alpha value is -4.27. The molecular formula is C30H22FN3O2S2. The first-order chi connectivity index (χ1) is 18.5. The molecular weight excluding hydrogens is 517 g/mol. The number of nitrogens with zero attached hydrogens (tertiary/aromatic N) is 1. The SMILES string of the molecule is O=C(/C=C/c1ccccc1)Nc1ccc2nc(SCc3ccc(C(=O)Nc4ccccc4F)cc3)sc2c1. The van der Waals surface area contributed by atoms with Gasteiger partial charge in [0.15, 0.2) is 4.34 Å².